The van der Waals surface area contributed by atoms with Gasteiger partial charge in [0.15, 0.2) is 0 Å². The third-order valence-corrected chi connectivity index (χ3v) is 11.8. The van der Waals surface area contributed by atoms with Crippen LogP contribution in [0.25, 0.3) is 0 Å². The van der Waals surface area contributed by atoms with Gasteiger partial charge in [0.2, 0.25) is 0 Å². The first-order chi connectivity index (χ1) is 21.7. The van der Waals surface area contributed by atoms with E-state index in [2.05, 4.69) is 70.5 Å². The summed E-state index contributed by atoms with van der Waals surface area (Å²) < 4.78 is 0. The van der Waals surface area contributed by atoms with Crippen LogP contribution in [0.3, 0.4) is 0 Å². The number of fused-ring (bicyclic) bond motifs is 1. The maximum absolute atomic E-state index is 11.6. The molecule has 0 aromatic heterocycles. The summed E-state index contributed by atoms with van der Waals surface area (Å²) in [5.41, 5.74) is 6.98. The Balaban J connectivity index is 0.966. The van der Waals surface area contributed by atoms with Gasteiger partial charge in [-0.1, -0.05) is 73.5 Å². The van der Waals surface area contributed by atoms with Crippen LogP contribution in [0, 0.1) is 11.8 Å². The summed E-state index contributed by atoms with van der Waals surface area (Å²) in [5.74, 6) is 2.67. The Hall–Kier alpha value is -2.95. The lowest BCUT2D eigenvalue weighted by Crippen LogP contribution is -2.48. The second-order valence-electron chi connectivity index (χ2n) is 14.3. The van der Waals surface area contributed by atoms with Crippen LogP contribution in [0.5, 0.6) is 5.75 Å². The zero-order valence-corrected chi connectivity index (χ0v) is 26.3. The second-order valence-corrected chi connectivity index (χ2v) is 14.3. The van der Waals surface area contributed by atoms with Gasteiger partial charge in [-0.25, -0.2) is 0 Å². The monoisotopic (exact) mass is 590 g/mol. The van der Waals surface area contributed by atoms with Crippen molar-refractivity contribution in [3.05, 3.63) is 101 Å². The molecule has 3 fully saturated rings. The minimum absolute atomic E-state index is 0.299. The fourth-order valence-corrected chi connectivity index (χ4v) is 9.29. The van der Waals surface area contributed by atoms with Crippen molar-refractivity contribution in [3.8, 4) is 5.75 Å². The third kappa shape index (κ3) is 6.39. The lowest BCUT2D eigenvalue weighted by molar-refractivity contribution is -0.113. The van der Waals surface area contributed by atoms with Crippen LogP contribution in [-0.2, 0) is 11.2 Å². The molecule has 0 amide bonds. The molecule has 4 heteroatoms. The fourth-order valence-electron chi connectivity index (χ4n) is 9.29. The van der Waals surface area contributed by atoms with Gasteiger partial charge in [-0.05, 0) is 135 Å². The number of phenols is 1. The van der Waals surface area contributed by atoms with E-state index in [4.69, 9.17) is 0 Å². The van der Waals surface area contributed by atoms with Gasteiger partial charge < -0.3 is 19.7 Å². The Labute approximate surface area is 264 Å². The van der Waals surface area contributed by atoms with Crippen molar-refractivity contribution >= 4 is 6.29 Å². The zero-order chi connectivity index (χ0) is 29.9. The van der Waals surface area contributed by atoms with Gasteiger partial charge >= 0.3 is 0 Å². The lowest BCUT2D eigenvalue weighted by Gasteiger charge is -2.43. The molecule has 0 radical (unpaired) electrons. The van der Waals surface area contributed by atoms with Crippen molar-refractivity contribution in [1.82, 2.24) is 9.80 Å². The van der Waals surface area contributed by atoms with Gasteiger partial charge in [0.1, 0.15) is 12.0 Å². The molecule has 3 aromatic rings. The number of likely N-dealkylation sites (tertiary alicyclic amines) is 2. The fraction of sp³-hybridized carbons (Fsp3) is 0.525. The van der Waals surface area contributed by atoms with Crippen LogP contribution in [0.4, 0.5) is 0 Å². The standard InChI is InChI=1S/C40H50N2O2/c43-28-35-9-5-4-8-34(35)27-41-22-20-36(21-23-41)42-24-18-30(19-25-42)29-10-12-32(13-11-29)40-38(31-6-2-1-3-7-31)16-14-33-26-37(44)15-17-39(33)40/h1-3,6-7,10-13,15,17,26,28,30,34-36,38,40,44H,4-5,8-9,14,16,18-25,27H2/t34-,35-,38-,40+/m1/s1. The van der Waals surface area contributed by atoms with Gasteiger partial charge in [0, 0.05) is 24.4 Å². The molecule has 7 rings (SSSR count). The molecule has 4 nitrogen and oxygen atoms in total. The molecule has 2 heterocycles. The van der Waals surface area contributed by atoms with Crippen molar-refractivity contribution in [2.45, 2.75) is 88.0 Å². The van der Waals surface area contributed by atoms with Crippen LogP contribution < -0.4 is 0 Å². The number of carbonyl (C=O) groups excluding carboxylic acids is 1. The van der Waals surface area contributed by atoms with E-state index >= 15 is 0 Å². The normalized spacial score (nSPS) is 27.5. The number of aldehydes is 1. The molecule has 0 spiro atoms. The van der Waals surface area contributed by atoms with E-state index in [0.29, 0.717) is 35.3 Å². The molecule has 0 bridgehead atoms. The highest BCUT2D eigenvalue weighted by Gasteiger charge is 2.34. The lowest BCUT2D eigenvalue weighted by atomic mass is 9.69. The maximum Gasteiger partial charge on any atom is 0.123 e. The highest BCUT2D eigenvalue weighted by Crippen LogP contribution is 2.47. The molecule has 2 aliphatic carbocycles. The van der Waals surface area contributed by atoms with E-state index in [1.807, 2.05) is 12.1 Å². The molecule has 3 aromatic carbocycles. The number of hydrogen-bond donors (Lipinski definition) is 1. The van der Waals surface area contributed by atoms with Crippen LogP contribution in [-0.4, -0.2) is 60.0 Å². The van der Waals surface area contributed by atoms with Gasteiger partial charge in [0.25, 0.3) is 0 Å². The summed E-state index contributed by atoms with van der Waals surface area (Å²) in [6, 6.07) is 27.4. The van der Waals surface area contributed by atoms with Crippen molar-refractivity contribution in [3.63, 3.8) is 0 Å². The first-order valence-electron chi connectivity index (χ1n) is 17.5. The maximum atomic E-state index is 11.6. The number of rotatable bonds is 7. The average molecular weight is 591 g/mol. The number of hydrogen-bond acceptors (Lipinski definition) is 4. The summed E-state index contributed by atoms with van der Waals surface area (Å²) in [6.07, 6.45) is 13.3. The third-order valence-electron chi connectivity index (χ3n) is 11.8. The Morgan fingerprint density at radius 2 is 1.45 bits per heavy atom. The summed E-state index contributed by atoms with van der Waals surface area (Å²) in [4.78, 5) is 17.0. The number of phenolic OH excluding ortho intramolecular Hbond substituents is 1. The minimum Gasteiger partial charge on any atom is -0.508 e. The van der Waals surface area contributed by atoms with Crippen molar-refractivity contribution in [1.29, 1.82) is 0 Å². The van der Waals surface area contributed by atoms with Crippen molar-refractivity contribution in [2.24, 2.45) is 11.8 Å². The molecule has 1 saturated carbocycles. The summed E-state index contributed by atoms with van der Waals surface area (Å²) in [6.45, 7) is 5.95. The van der Waals surface area contributed by atoms with Crippen molar-refractivity contribution < 1.29 is 9.90 Å². The van der Waals surface area contributed by atoms with Crippen LogP contribution >= 0.6 is 0 Å². The topological polar surface area (TPSA) is 43.8 Å². The zero-order valence-electron chi connectivity index (χ0n) is 26.3. The molecule has 232 valence electrons. The molecule has 4 atom stereocenters. The Bertz CT molecular complexity index is 1370. The first-order valence-corrected chi connectivity index (χ1v) is 17.5. The molecule has 0 unspecified atom stereocenters. The molecule has 44 heavy (non-hydrogen) atoms. The van der Waals surface area contributed by atoms with Gasteiger partial charge in [0.05, 0.1) is 0 Å². The Kier molecular flexibility index (Phi) is 9.18. The molecule has 4 aliphatic rings. The van der Waals surface area contributed by atoms with E-state index in [9.17, 15) is 9.90 Å². The molecular weight excluding hydrogens is 540 g/mol. The summed E-state index contributed by atoms with van der Waals surface area (Å²) in [7, 11) is 0. The molecular formula is C40H50N2O2. The molecule has 2 saturated heterocycles. The number of nitrogens with zero attached hydrogens (tertiary/aromatic N) is 2. The number of carbonyl (C=O) groups is 1. The van der Waals surface area contributed by atoms with Gasteiger partial charge in [-0.2, -0.15) is 0 Å². The van der Waals surface area contributed by atoms with Crippen LogP contribution in [0.1, 0.15) is 103 Å². The van der Waals surface area contributed by atoms with Gasteiger partial charge in [-0.3, -0.25) is 0 Å². The minimum atomic E-state index is 0.299. The van der Waals surface area contributed by atoms with E-state index < -0.39 is 0 Å². The number of aromatic hydroxyl groups is 1. The number of aryl methyl sites for hydroxylation is 1. The second kappa shape index (κ2) is 13.6. The highest BCUT2D eigenvalue weighted by atomic mass is 16.3. The Morgan fingerprint density at radius 1 is 0.727 bits per heavy atom. The smallest absolute Gasteiger partial charge is 0.123 e. The van der Waals surface area contributed by atoms with E-state index in [-0.39, 0.29) is 0 Å². The first kappa shape index (κ1) is 29.7. The Morgan fingerprint density at radius 3 is 2.20 bits per heavy atom. The molecule has 2 aliphatic heterocycles. The average Bonchev–Trinajstić information content (AvgIpc) is 3.09. The predicted molar refractivity (Wildman–Crippen MR) is 178 cm³/mol. The SMILES string of the molecule is O=C[C@H]1CCCC[C@@H]1CN1CCC(N2CCC(c3ccc([C@@H]4c5ccc(O)cc5CC[C@@H]4c4ccccc4)cc3)CC2)CC1. The van der Waals surface area contributed by atoms with E-state index in [1.54, 1.807) is 0 Å². The predicted octanol–water partition coefficient (Wildman–Crippen LogP) is 7.90. The van der Waals surface area contributed by atoms with E-state index in [1.165, 1.54) is 105 Å². The summed E-state index contributed by atoms with van der Waals surface area (Å²) in [5, 5.41) is 10.2. The largest absolute Gasteiger partial charge is 0.508 e. The van der Waals surface area contributed by atoms with E-state index in [0.717, 1.165) is 31.8 Å². The van der Waals surface area contributed by atoms with Crippen LogP contribution in [0.15, 0.2) is 72.8 Å². The summed E-state index contributed by atoms with van der Waals surface area (Å²) >= 11 is 0. The highest BCUT2D eigenvalue weighted by molar-refractivity contribution is 5.54. The quantitative estimate of drug-likeness (QED) is 0.284. The van der Waals surface area contributed by atoms with Crippen molar-refractivity contribution in [2.75, 3.05) is 32.7 Å². The molecule has 1 N–H and O–H groups in total. The van der Waals surface area contributed by atoms with Crippen LogP contribution in [0.2, 0.25) is 0 Å². The van der Waals surface area contributed by atoms with Gasteiger partial charge in [-0.15, -0.1) is 0 Å². The number of piperidine rings is 2. The number of benzene rings is 3.